The molecule has 2 aromatic rings. The van der Waals surface area contributed by atoms with Crippen molar-refractivity contribution in [3.63, 3.8) is 0 Å². The van der Waals surface area contributed by atoms with Crippen LogP contribution in [-0.2, 0) is 5.88 Å². The number of alkyl halides is 1. The predicted molar refractivity (Wildman–Crippen MR) is 59.2 cm³/mol. The quantitative estimate of drug-likeness (QED) is 0.782. The van der Waals surface area contributed by atoms with Crippen molar-refractivity contribution in [2.75, 3.05) is 0 Å². The van der Waals surface area contributed by atoms with Crippen LogP contribution in [0.15, 0.2) is 33.3 Å². The van der Waals surface area contributed by atoms with Crippen LogP contribution >= 0.6 is 27.5 Å². The fraction of sp³-hybridized carbons (Fsp3) is 0.100. The Morgan fingerprint density at radius 1 is 1.40 bits per heavy atom. The normalized spacial score (nSPS) is 10.6. The summed E-state index contributed by atoms with van der Waals surface area (Å²) in [6.07, 6.45) is 0. The molecule has 1 aromatic heterocycles. The van der Waals surface area contributed by atoms with E-state index in [4.69, 9.17) is 16.1 Å². The summed E-state index contributed by atoms with van der Waals surface area (Å²) in [6, 6.07) is 6.35. The number of hydrogen-bond acceptors (Lipinski definition) is 2. The molecular weight excluding hydrogens is 284 g/mol. The van der Waals surface area contributed by atoms with Crippen molar-refractivity contribution < 1.29 is 8.91 Å². The minimum atomic E-state index is -0.309. The second kappa shape index (κ2) is 4.33. The molecule has 0 spiro atoms. The third-order valence-corrected chi connectivity index (χ3v) is 2.78. The molecule has 5 heteroatoms. The molecular formula is C10H6BrClFNO. The minimum absolute atomic E-state index is 0.297. The van der Waals surface area contributed by atoms with E-state index in [9.17, 15) is 4.39 Å². The van der Waals surface area contributed by atoms with Gasteiger partial charge in [-0.05, 0) is 34.1 Å². The molecule has 0 aliphatic rings. The topological polar surface area (TPSA) is 26.0 Å². The fourth-order valence-corrected chi connectivity index (χ4v) is 1.66. The Labute approximate surface area is 99.2 Å². The second-order valence-electron chi connectivity index (χ2n) is 2.95. The van der Waals surface area contributed by atoms with Crippen molar-refractivity contribution >= 4 is 27.5 Å². The Morgan fingerprint density at radius 2 is 2.20 bits per heavy atom. The number of hydrogen-bond donors (Lipinski definition) is 0. The van der Waals surface area contributed by atoms with Gasteiger partial charge >= 0.3 is 0 Å². The SMILES string of the molecule is Fc1ccc(-c2cc(CCl)no2)cc1Br. The maximum Gasteiger partial charge on any atom is 0.167 e. The van der Waals surface area contributed by atoms with E-state index >= 15 is 0 Å². The molecule has 2 nitrogen and oxygen atoms in total. The van der Waals surface area contributed by atoms with Gasteiger partial charge in [0.15, 0.2) is 5.76 Å². The zero-order valence-corrected chi connectivity index (χ0v) is 9.85. The summed E-state index contributed by atoms with van der Waals surface area (Å²) in [5.74, 6) is 0.563. The van der Waals surface area contributed by atoms with Crippen LogP contribution in [0, 0.1) is 5.82 Å². The molecule has 1 heterocycles. The van der Waals surface area contributed by atoms with Gasteiger partial charge in [-0.15, -0.1) is 11.6 Å². The molecule has 0 unspecified atom stereocenters. The molecule has 15 heavy (non-hydrogen) atoms. The van der Waals surface area contributed by atoms with Crippen LogP contribution in [-0.4, -0.2) is 5.16 Å². The molecule has 2 rings (SSSR count). The summed E-state index contributed by atoms with van der Waals surface area (Å²) in [6.45, 7) is 0. The van der Waals surface area contributed by atoms with Gasteiger partial charge in [0.1, 0.15) is 5.82 Å². The maximum absolute atomic E-state index is 13.0. The molecule has 0 bridgehead atoms. The molecule has 0 aliphatic heterocycles. The average Bonchev–Trinajstić information content (AvgIpc) is 2.70. The van der Waals surface area contributed by atoms with Crippen molar-refractivity contribution in [2.24, 2.45) is 0 Å². The van der Waals surface area contributed by atoms with Crippen LogP contribution < -0.4 is 0 Å². The zero-order valence-electron chi connectivity index (χ0n) is 7.51. The summed E-state index contributed by atoms with van der Waals surface area (Å²) in [7, 11) is 0. The first-order chi connectivity index (χ1) is 7.20. The zero-order chi connectivity index (χ0) is 10.8. The summed E-state index contributed by atoms with van der Waals surface area (Å²) >= 11 is 8.70. The van der Waals surface area contributed by atoms with Crippen LogP contribution in [0.2, 0.25) is 0 Å². The van der Waals surface area contributed by atoms with Crippen molar-refractivity contribution in [2.45, 2.75) is 5.88 Å². The summed E-state index contributed by atoms with van der Waals surface area (Å²) in [5.41, 5.74) is 1.42. The van der Waals surface area contributed by atoms with Crippen LogP contribution in [0.25, 0.3) is 11.3 Å². The highest BCUT2D eigenvalue weighted by atomic mass is 79.9. The second-order valence-corrected chi connectivity index (χ2v) is 4.07. The van der Waals surface area contributed by atoms with Gasteiger partial charge in [-0.25, -0.2) is 4.39 Å². The molecule has 78 valence electrons. The van der Waals surface area contributed by atoms with E-state index in [0.717, 1.165) is 5.56 Å². The first-order valence-corrected chi connectivity index (χ1v) is 5.50. The Balaban J connectivity index is 2.40. The number of halogens is 3. The maximum atomic E-state index is 13.0. The van der Waals surface area contributed by atoms with Crippen LogP contribution in [0.1, 0.15) is 5.69 Å². The molecule has 0 saturated heterocycles. The predicted octanol–water partition coefficient (Wildman–Crippen LogP) is 3.98. The van der Waals surface area contributed by atoms with Gasteiger partial charge in [0.05, 0.1) is 16.0 Å². The van der Waals surface area contributed by atoms with Gasteiger partial charge in [0.25, 0.3) is 0 Å². The van der Waals surface area contributed by atoms with Crippen LogP contribution in [0.5, 0.6) is 0 Å². The third kappa shape index (κ3) is 2.21. The number of rotatable bonds is 2. The number of aromatic nitrogens is 1. The monoisotopic (exact) mass is 289 g/mol. The van der Waals surface area contributed by atoms with Gasteiger partial charge in [-0.2, -0.15) is 0 Å². The van der Waals surface area contributed by atoms with Gasteiger partial charge in [-0.3, -0.25) is 0 Å². The van der Waals surface area contributed by atoms with Crippen molar-refractivity contribution in [1.29, 1.82) is 0 Å². The Hall–Kier alpha value is -0.870. The van der Waals surface area contributed by atoms with E-state index < -0.39 is 0 Å². The van der Waals surface area contributed by atoms with Gasteiger partial charge in [0.2, 0.25) is 0 Å². The van der Waals surface area contributed by atoms with E-state index in [1.54, 1.807) is 18.2 Å². The van der Waals surface area contributed by atoms with E-state index in [1.807, 2.05) is 0 Å². The Bertz CT molecular complexity index is 486. The van der Waals surface area contributed by atoms with Crippen molar-refractivity contribution in [3.05, 3.63) is 40.2 Å². The van der Waals surface area contributed by atoms with E-state index in [2.05, 4.69) is 21.1 Å². The summed E-state index contributed by atoms with van der Waals surface area (Å²) < 4.78 is 18.4. The van der Waals surface area contributed by atoms with E-state index in [1.165, 1.54) is 6.07 Å². The summed E-state index contributed by atoms with van der Waals surface area (Å²) in [4.78, 5) is 0. The lowest BCUT2D eigenvalue weighted by molar-refractivity contribution is 0.426. The molecule has 0 fully saturated rings. The molecule has 0 amide bonds. The fourth-order valence-electron chi connectivity index (χ4n) is 1.16. The number of nitrogens with zero attached hydrogens (tertiary/aromatic N) is 1. The first-order valence-electron chi connectivity index (χ1n) is 4.17. The first kappa shape index (κ1) is 10.6. The highest BCUT2D eigenvalue weighted by molar-refractivity contribution is 9.10. The minimum Gasteiger partial charge on any atom is -0.356 e. The number of benzene rings is 1. The highest BCUT2D eigenvalue weighted by Crippen LogP contribution is 2.25. The van der Waals surface area contributed by atoms with Crippen LogP contribution in [0.3, 0.4) is 0 Å². The highest BCUT2D eigenvalue weighted by Gasteiger charge is 2.08. The van der Waals surface area contributed by atoms with Crippen molar-refractivity contribution in [1.82, 2.24) is 5.16 Å². The molecule has 0 N–H and O–H groups in total. The Kier molecular flexibility index (Phi) is 3.07. The van der Waals surface area contributed by atoms with Gasteiger partial charge in [0, 0.05) is 11.6 Å². The lowest BCUT2D eigenvalue weighted by atomic mass is 10.1. The standard InChI is InChI=1S/C10H6BrClFNO/c11-8-3-6(1-2-9(8)13)10-4-7(5-12)14-15-10/h1-4H,5H2. The third-order valence-electron chi connectivity index (χ3n) is 1.90. The average molecular weight is 291 g/mol. The van der Waals surface area contributed by atoms with Crippen molar-refractivity contribution in [3.8, 4) is 11.3 Å². The Morgan fingerprint density at radius 3 is 2.80 bits per heavy atom. The molecule has 1 aromatic carbocycles. The lowest BCUT2D eigenvalue weighted by Crippen LogP contribution is -1.79. The lowest BCUT2D eigenvalue weighted by Gasteiger charge is -1.97. The smallest absolute Gasteiger partial charge is 0.167 e. The molecule has 0 atom stereocenters. The molecule has 0 radical (unpaired) electrons. The summed E-state index contributed by atoms with van der Waals surface area (Å²) in [5, 5.41) is 3.75. The van der Waals surface area contributed by atoms with Crippen LogP contribution in [0.4, 0.5) is 4.39 Å². The molecule has 0 saturated carbocycles. The van der Waals surface area contributed by atoms with Gasteiger partial charge in [-0.1, -0.05) is 5.16 Å². The largest absolute Gasteiger partial charge is 0.356 e. The van der Waals surface area contributed by atoms with Gasteiger partial charge < -0.3 is 4.52 Å². The molecule has 0 aliphatic carbocycles. The van der Waals surface area contributed by atoms with E-state index in [0.29, 0.717) is 21.8 Å². The van der Waals surface area contributed by atoms with E-state index in [-0.39, 0.29) is 5.82 Å².